The third kappa shape index (κ3) is 2.93. The third-order valence-electron chi connectivity index (χ3n) is 5.23. The fourth-order valence-corrected chi connectivity index (χ4v) is 5.88. The molecule has 4 aromatic rings. The first-order valence-electron chi connectivity index (χ1n) is 9.22. The fraction of sp³-hybridized carbons (Fsp3) is 0.250. The Kier molecular flexibility index (Phi) is 4.26. The second kappa shape index (κ2) is 6.64. The van der Waals surface area contributed by atoms with E-state index in [0.717, 1.165) is 27.1 Å². The van der Waals surface area contributed by atoms with Crippen molar-refractivity contribution in [2.75, 3.05) is 11.1 Å². The van der Waals surface area contributed by atoms with Crippen LogP contribution in [0.2, 0.25) is 0 Å². The summed E-state index contributed by atoms with van der Waals surface area (Å²) in [4.78, 5) is 21.8. The molecule has 3 N–H and O–H groups in total. The van der Waals surface area contributed by atoms with E-state index in [9.17, 15) is 18.0 Å². The molecule has 5 nitrogen and oxygen atoms in total. The van der Waals surface area contributed by atoms with E-state index in [2.05, 4.69) is 15.3 Å². The molecule has 0 aliphatic heterocycles. The molecule has 0 saturated carbocycles. The minimum Gasteiger partial charge on any atom is -0.397 e. The number of nitrogens with one attached hydrogen (secondary N) is 1. The number of nitrogens with zero attached hydrogens (tertiary/aromatic N) is 2. The summed E-state index contributed by atoms with van der Waals surface area (Å²) in [6.45, 7) is 1.92. The maximum absolute atomic E-state index is 13.9. The standard InChI is InChI=1S/C20H15F3N4OS2/c1-8-4-2-7-11-15(8)26-19(29-11)27-17(28)16-14(24)12-13(20(21,22)23)9-5-3-6-10(9)25-18(12)30-16/h2,4,7H,3,5-6,24H2,1H3,(H,26,27,28). The summed E-state index contributed by atoms with van der Waals surface area (Å²) in [6.07, 6.45) is -3.12. The minimum atomic E-state index is -4.57. The molecule has 1 amide bonds. The summed E-state index contributed by atoms with van der Waals surface area (Å²) < 4.78 is 42.5. The van der Waals surface area contributed by atoms with Crippen LogP contribution in [0.4, 0.5) is 24.0 Å². The topological polar surface area (TPSA) is 80.9 Å². The monoisotopic (exact) mass is 448 g/mol. The van der Waals surface area contributed by atoms with E-state index in [-0.39, 0.29) is 26.3 Å². The zero-order valence-corrected chi connectivity index (χ0v) is 17.3. The number of anilines is 2. The zero-order chi connectivity index (χ0) is 21.2. The molecule has 10 heteroatoms. The third-order valence-corrected chi connectivity index (χ3v) is 7.27. The van der Waals surface area contributed by atoms with Crippen LogP contribution in [0.1, 0.15) is 38.5 Å². The van der Waals surface area contributed by atoms with Gasteiger partial charge in [0.2, 0.25) is 0 Å². The summed E-state index contributed by atoms with van der Waals surface area (Å²) in [6, 6.07) is 5.71. The van der Waals surface area contributed by atoms with Crippen LogP contribution in [0.15, 0.2) is 18.2 Å². The number of nitrogen functional groups attached to an aromatic ring is 1. The van der Waals surface area contributed by atoms with Gasteiger partial charge in [0.15, 0.2) is 5.13 Å². The van der Waals surface area contributed by atoms with E-state index >= 15 is 0 Å². The molecule has 5 rings (SSSR count). The first-order chi connectivity index (χ1) is 14.2. The highest BCUT2D eigenvalue weighted by molar-refractivity contribution is 7.23. The lowest BCUT2D eigenvalue weighted by Gasteiger charge is -2.13. The number of pyridine rings is 1. The number of thiazole rings is 1. The van der Waals surface area contributed by atoms with Gasteiger partial charge in [-0.3, -0.25) is 10.1 Å². The highest BCUT2D eigenvalue weighted by atomic mass is 32.1. The number of rotatable bonds is 2. The number of hydrogen-bond acceptors (Lipinski definition) is 6. The Morgan fingerprint density at radius 1 is 1.20 bits per heavy atom. The van der Waals surface area contributed by atoms with E-state index in [1.807, 2.05) is 25.1 Å². The molecule has 1 aliphatic rings. The van der Waals surface area contributed by atoms with E-state index in [0.29, 0.717) is 30.1 Å². The van der Waals surface area contributed by atoms with Gasteiger partial charge in [-0.05, 0) is 43.4 Å². The summed E-state index contributed by atoms with van der Waals surface area (Å²) in [5, 5.41) is 2.88. The molecule has 0 unspecified atom stereocenters. The van der Waals surface area contributed by atoms with Crippen molar-refractivity contribution < 1.29 is 18.0 Å². The lowest BCUT2D eigenvalue weighted by molar-refractivity contribution is -0.136. The van der Waals surface area contributed by atoms with Gasteiger partial charge in [-0.25, -0.2) is 9.97 Å². The number of hydrogen-bond donors (Lipinski definition) is 2. The molecule has 154 valence electrons. The number of fused-ring (bicyclic) bond motifs is 3. The Balaban J connectivity index is 1.60. The number of aryl methyl sites for hydroxylation is 2. The van der Waals surface area contributed by atoms with Gasteiger partial charge in [0.05, 0.1) is 21.5 Å². The normalized spacial score (nSPS) is 13.9. The van der Waals surface area contributed by atoms with Crippen LogP contribution < -0.4 is 11.1 Å². The van der Waals surface area contributed by atoms with Gasteiger partial charge < -0.3 is 5.73 Å². The van der Waals surface area contributed by atoms with Crippen LogP contribution in [0.5, 0.6) is 0 Å². The number of amides is 1. The van der Waals surface area contributed by atoms with E-state index in [1.54, 1.807) is 0 Å². The highest BCUT2D eigenvalue weighted by Crippen LogP contribution is 2.46. The van der Waals surface area contributed by atoms with Crippen LogP contribution >= 0.6 is 22.7 Å². The van der Waals surface area contributed by atoms with Crippen LogP contribution in [-0.2, 0) is 19.0 Å². The minimum absolute atomic E-state index is 0.0163. The number of nitrogens with two attached hydrogens (primary N) is 1. The van der Waals surface area contributed by atoms with Gasteiger partial charge in [-0.15, -0.1) is 11.3 Å². The van der Waals surface area contributed by atoms with E-state index < -0.39 is 17.6 Å². The second-order valence-electron chi connectivity index (χ2n) is 7.18. The van der Waals surface area contributed by atoms with Crippen molar-refractivity contribution in [3.05, 3.63) is 45.5 Å². The predicted molar refractivity (Wildman–Crippen MR) is 113 cm³/mol. The molecular formula is C20H15F3N4OS2. The Labute approximate surface area is 176 Å². The number of carbonyl (C=O) groups is 1. The largest absolute Gasteiger partial charge is 0.417 e. The SMILES string of the molecule is Cc1cccc2sc(NC(=O)c3sc4nc5c(c(C(F)(F)F)c4c3N)CCC5)nc12. The van der Waals surface area contributed by atoms with E-state index in [1.165, 1.54) is 11.3 Å². The Morgan fingerprint density at radius 2 is 2.00 bits per heavy atom. The first-order valence-corrected chi connectivity index (χ1v) is 10.9. The Morgan fingerprint density at radius 3 is 2.73 bits per heavy atom. The van der Waals surface area contributed by atoms with Gasteiger partial charge in [0.1, 0.15) is 9.71 Å². The highest BCUT2D eigenvalue weighted by Gasteiger charge is 2.40. The van der Waals surface area contributed by atoms with Crippen LogP contribution in [0.25, 0.3) is 20.4 Å². The van der Waals surface area contributed by atoms with Gasteiger partial charge in [0.25, 0.3) is 5.91 Å². The Hall–Kier alpha value is -2.72. The molecule has 0 fully saturated rings. The van der Waals surface area contributed by atoms with Crippen molar-refractivity contribution in [2.45, 2.75) is 32.4 Å². The predicted octanol–water partition coefficient (Wildman–Crippen LogP) is 5.56. The van der Waals surface area contributed by atoms with Crippen molar-refractivity contribution in [3.63, 3.8) is 0 Å². The van der Waals surface area contributed by atoms with Crippen molar-refractivity contribution in [1.82, 2.24) is 9.97 Å². The second-order valence-corrected chi connectivity index (χ2v) is 9.21. The number of halogens is 3. The molecule has 30 heavy (non-hydrogen) atoms. The fourth-order valence-electron chi connectivity index (χ4n) is 3.92. The molecule has 0 spiro atoms. The first kappa shape index (κ1) is 19.3. The number of alkyl halides is 3. The average molecular weight is 448 g/mol. The number of aromatic nitrogens is 2. The lowest BCUT2D eigenvalue weighted by Crippen LogP contribution is -2.13. The maximum Gasteiger partial charge on any atom is 0.417 e. The maximum atomic E-state index is 13.9. The molecular weight excluding hydrogens is 433 g/mol. The van der Waals surface area contributed by atoms with E-state index in [4.69, 9.17) is 5.73 Å². The van der Waals surface area contributed by atoms with Gasteiger partial charge in [-0.2, -0.15) is 13.2 Å². The smallest absolute Gasteiger partial charge is 0.397 e. The molecule has 0 atom stereocenters. The van der Waals surface area contributed by atoms with Gasteiger partial charge >= 0.3 is 6.18 Å². The zero-order valence-electron chi connectivity index (χ0n) is 15.7. The summed E-state index contributed by atoms with van der Waals surface area (Å²) in [5.41, 5.74) is 7.55. The van der Waals surface area contributed by atoms with Crippen LogP contribution in [-0.4, -0.2) is 15.9 Å². The number of benzene rings is 1. The molecule has 0 radical (unpaired) electrons. The molecule has 0 bridgehead atoms. The van der Waals surface area contributed by atoms with Crippen molar-refractivity contribution in [3.8, 4) is 0 Å². The van der Waals surface area contributed by atoms with Crippen molar-refractivity contribution in [1.29, 1.82) is 0 Å². The van der Waals surface area contributed by atoms with Crippen molar-refractivity contribution in [2.24, 2.45) is 0 Å². The number of carbonyl (C=O) groups excluding carboxylic acids is 1. The lowest BCUT2D eigenvalue weighted by atomic mass is 10.0. The summed E-state index contributed by atoms with van der Waals surface area (Å²) in [5.74, 6) is -0.583. The summed E-state index contributed by atoms with van der Waals surface area (Å²) >= 11 is 2.18. The molecule has 3 heterocycles. The quantitative estimate of drug-likeness (QED) is 0.421. The van der Waals surface area contributed by atoms with Crippen LogP contribution in [0, 0.1) is 6.92 Å². The number of thiophene rings is 1. The average Bonchev–Trinajstić information content (AvgIpc) is 3.37. The van der Waals surface area contributed by atoms with Crippen molar-refractivity contribution >= 4 is 59.8 Å². The molecule has 1 aromatic carbocycles. The van der Waals surface area contributed by atoms with Gasteiger partial charge in [-0.1, -0.05) is 23.5 Å². The molecule has 1 aliphatic carbocycles. The summed E-state index contributed by atoms with van der Waals surface area (Å²) in [7, 11) is 0. The molecule has 3 aromatic heterocycles. The van der Waals surface area contributed by atoms with Gasteiger partial charge in [0, 0.05) is 11.1 Å². The number of para-hydroxylation sites is 1. The van der Waals surface area contributed by atoms with Crippen LogP contribution in [0.3, 0.4) is 0 Å². The Bertz CT molecular complexity index is 1340. The molecule has 0 saturated heterocycles.